The van der Waals surface area contributed by atoms with E-state index in [0.29, 0.717) is 5.69 Å². The SMILES string of the molecule is [CH2]c1ccc(NS(=O)(=O)c2ccccc2C(C)=O)cc1. The van der Waals surface area contributed by atoms with Gasteiger partial charge < -0.3 is 0 Å². The molecule has 4 nitrogen and oxygen atoms in total. The lowest BCUT2D eigenvalue weighted by Crippen LogP contribution is -2.16. The minimum absolute atomic E-state index is 0.0220. The molecule has 0 spiro atoms. The molecule has 2 aromatic carbocycles. The second-order valence-electron chi connectivity index (χ2n) is 4.35. The Morgan fingerprint density at radius 1 is 1.05 bits per heavy atom. The lowest BCUT2D eigenvalue weighted by atomic mass is 10.1. The molecule has 0 saturated heterocycles. The summed E-state index contributed by atoms with van der Waals surface area (Å²) in [5.74, 6) is -0.293. The van der Waals surface area contributed by atoms with Crippen molar-refractivity contribution in [2.24, 2.45) is 0 Å². The summed E-state index contributed by atoms with van der Waals surface area (Å²) < 4.78 is 27.1. The van der Waals surface area contributed by atoms with Crippen molar-refractivity contribution >= 4 is 21.5 Å². The van der Waals surface area contributed by atoms with Crippen LogP contribution in [0.25, 0.3) is 0 Å². The van der Waals surface area contributed by atoms with Crippen molar-refractivity contribution < 1.29 is 13.2 Å². The number of ketones is 1. The van der Waals surface area contributed by atoms with Gasteiger partial charge in [0.15, 0.2) is 5.78 Å². The highest BCUT2D eigenvalue weighted by Gasteiger charge is 2.20. The quantitative estimate of drug-likeness (QED) is 0.880. The normalized spacial score (nSPS) is 11.1. The third kappa shape index (κ3) is 3.05. The van der Waals surface area contributed by atoms with Crippen LogP contribution in [0.4, 0.5) is 5.69 Å². The Kier molecular flexibility index (Phi) is 3.90. The number of rotatable bonds is 4. The molecule has 0 aliphatic rings. The van der Waals surface area contributed by atoms with E-state index < -0.39 is 10.0 Å². The maximum absolute atomic E-state index is 12.3. The van der Waals surface area contributed by atoms with E-state index in [-0.39, 0.29) is 16.2 Å². The van der Waals surface area contributed by atoms with E-state index in [1.165, 1.54) is 19.1 Å². The molecular weight excluding hydrogens is 274 g/mol. The van der Waals surface area contributed by atoms with Gasteiger partial charge in [-0.3, -0.25) is 9.52 Å². The Morgan fingerprint density at radius 2 is 1.65 bits per heavy atom. The van der Waals surface area contributed by atoms with E-state index >= 15 is 0 Å². The van der Waals surface area contributed by atoms with Gasteiger partial charge in [0.25, 0.3) is 10.0 Å². The highest BCUT2D eigenvalue weighted by atomic mass is 32.2. The van der Waals surface area contributed by atoms with Crippen LogP contribution < -0.4 is 4.72 Å². The fraction of sp³-hybridized carbons (Fsp3) is 0.0667. The van der Waals surface area contributed by atoms with Gasteiger partial charge in [-0.25, -0.2) is 8.42 Å². The van der Waals surface area contributed by atoms with E-state index in [4.69, 9.17) is 0 Å². The lowest BCUT2D eigenvalue weighted by molar-refractivity contribution is 0.101. The number of nitrogens with one attached hydrogen (secondary N) is 1. The molecule has 0 aromatic heterocycles. The standard InChI is InChI=1S/C15H14NO3S/c1-11-7-9-13(10-8-11)16-20(18,19)15-6-4-3-5-14(15)12(2)17/h3-10,16H,1H2,2H3. The van der Waals surface area contributed by atoms with E-state index in [2.05, 4.69) is 11.6 Å². The second-order valence-corrected chi connectivity index (χ2v) is 6.01. The molecule has 5 heteroatoms. The van der Waals surface area contributed by atoms with E-state index in [1.807, 2.05) is 0 Å². The molecule has 0 unspecified atom stereocenters. The number of anilines is 1. The smallest absolute Gasteiger partial charge is 0.262 e. The highest BCUT2D eigenvalue weighted by molar-refractivity contribution is 7.92. The topological polar surface area (TPSA) is 63.2 Å². The van der Waals surface area contributed by atoms with E-state index in [1.54, 1.807) is 36.4 Å². The average Bonchev–Trinajstić information content (AvgIpc) is 2.41. The Hall–Kier alpha value is -2.14. The molecule has 0 heterocycles. The summed E-state index contributed by atoms with van der Waals surface area (Å²) in [4.78, 5) is 11.5. The van der Waals surface area contributed by atoms with Crippen molar-refractivity contribution in [1.82, 2.24) is 0 Å². The van der Waals surface area contributed by atoms with Crippen molar-refractivity contribution in [3.63, 3.8) is 0 Å². The first-order valence-corrected chi connectivity index (χ1v) is 7.43. The molecule has 1 radical (unpaired) electrons. The molecule has 2 aromatic rings. The van der Waals surface area contributed by atoms with Crippen LogP contribution >= 0.6 is 0 Å². The summed E-state index contributed by atoms with van der Waals surface area (Å²) in [5, 5.41) is 0. The lowest BCUT2D eigenvalue weighted by Gasteiger charge is -2.11. The summed E-state index contributed by atoms with van der Waals surface area (Å²) in [7, 11) is -3.79. The molecule has 2 rings (SSSR count). The van der Waals surface area contributed by atoms with Gasteiger partial charge in [0.2, 0.25) is 0 Å². The fourth-order valence-corrected chi connectivity index (χ4v) is 3.09. The Morgan fingerprint density at radius 3 is 2.25 bits per heavy atom. The van der Waals surface area contributed by atoms with Crippen molar-refractivity contribution in [2.45, 2.75) is 11.8 Å². The van der Waals surface area contributed by atoms with Crippen molar-refractivity contribution in [2.75, 3.05) is 4.72 Å². The molecule has 103 valence electrons. The van der Waals surface area contributed by atoms with Crippen LogP contribution in [0.5, 0.6) is 0 Å². The summed E-state index contributed by atoms with van der Waals surface area (Å²) in [5.41, 5.74) is 1.39. The zero-order valence-corrected chi connectivity index (χ0v) is 11.8. The second kappa shape index (κ2) is 5.46. The molecule has 0 saturated carbocycles. The average molecular weight is 288 g/mol. The van der Waals surface area contributed by atoms with Gasteiger partial charge in [0.1, 0.15) is 0 Å². The first kappa shape index (κ1) is 14.3. The third-order valence-electron chi connectivity index (χ3n) is 2.76. The molecular formula is C15H14NO3S. The zero-order chi connectivity index (χ0) is 14.8. The van der Waals surface area contributed by atoms with Crippen LogP contribution in [0.2, 0.25) is 0 Å². The van der Waals surface area contributed by atoms with Gasteiger partial charge in [-0.05, 0) is 37.6 Å². The van der Waals surface area contributed by atoms with Crippen molar-refractivity contribution in [1.29, 1.82) is 0 Å². The first-order valence-electron chi connectivity index (χ1n) is 5.95. The maximum atomic E-state index is 12.3. The van der Waals surface area contributed by atoms with Crippen LogP contribution in [0.1, 0.15) is 22.8 Å². The highest BCUT2D eigenvalue weighted by Crippen LogP contribution is 2.20. The molecule has 20 heavy (non-hydrogen) atoms. The van der Waals surface area contributed by atoms with Gasteiger partial charge in [-0.15, -0.1) is 0 Å². The monoisotopic (exact) mass is 288 g/mol. The minimum atomic E-state index is -3.79. The number of sulfonamides is 1. The fourth-order valence-electron chi connectivity index (χ4n) is 1.77. The third-order valence-corrected chi connectivity index (χ3v) is 4.20. The molecule has 0 atom stereocenters. The number of carbonyl (C=O) groups excluding carboxylic acids is 1. The maximum Gasteiger partial charge on any atom is 0.262 e. The number of hydrogen-bond acceptors (Lipinski definition) is 3. The van der Waals surface area contributed by atoms with Gasteiger partial charge >= 0.3 is 0 Å². The van der Waals surface area contributed by atoms with Crippen LogP contribution in [0, 0.1) is 6.92 Å². The Balaban J connectivity index is 2.41. The molecule has 0 aliphatic heterocycles. The van der Waals surface area contributed by atoms with Crippen molar-refractivity contribution in [3.8, 4) is 0 Å². The van der Waals surface area contributed by atoms with Crippen LogP contribution in [-0.2, 0) is 10.0 Å². The summed E-state index contributed by atoms with van der Waals surface area (Å²) in [6.45, 7) is 5.07. The number of hydrogen-bond donors (Lipinski definition) is 1. The summed E-state index contributed by atoms with van der Waals surface area (Å²) in [6.07, 6.45) is 0. The van der Waals surface area contributed by atoms with Gasteiger partial charge in [-0.2, -0.15) is 0 Å². The van der Waals surface area contributed by atoms with Crippen LogP contribution in [-0.4, -0.2) is 14.2 Å². The van der Waals surface area contributed by atoms with Crippen LogP contribution in [0.15, 0.2) is 53.4 Å². The predicted octanol–water partition coefficient (Wildman–Crippen LogP) is 2.87. The minimum Gasteiger partial charge on any atom is -0.294 e. The predicted molar refractivity (Wildman–Crippen MR) is 78.2 cm³/mol. The van der Waals surface area contributed by atoms with Crippen LogP contribution in [0.3, 0.4) is 0 Å². The first-order chi connectivity index (χ1) is 9.40. The van der Waals surface area contributed by atoms with Gasteiger partial charge in [0, 0.05) is 11.3 Å². The Labute approximate surface area is 118 Å². The zero-order valence-electron chi connectivity index (χ0n) is 11.0. The number of benzene rings is 2. The van der Waals surface area contributed by atoms with Gasteiger partial charge in [0.05, 0.1) is 4.90 Å². The molecule has 0 fully saturated rings. The number of Topliss-reactive ketones (excluding diaryl/α,β-unsaturated/α-hetero) is 1. The van der Waals surface area contributed by atoms with Crippen molar-refractivity contribution in [3.05, 3.63) is 66.6 Å². The summed E-state index contributed by atoms with van der Waals surface area (Å²) >= 11 is 0. The van der Waals surface area contributed by atoms with Gasteiger partial charge in [-0.1, -0.05) is 30.3 Å². The molecule has 0 amide bonds. The van der Waals surface area contributed by atoms with E-state index in [9.17, 15) is 13.2 Å². The molecule has 0 aliphatic carbocycles. The molecule has 1 N–H and O–H groups in total. The van der Waals surface area contributed by atoms with E-state index in [0.717, 1.165) is 5.56 Å². The molecule has 0 bridgehead atoms. The largest absolute Gasteiger partial charge is 0.294 e. The summed E-state index contributed by atoms with van der Waals surface area (Å²) in [6, 6.07) is 12.8. The number of carbonyl (C=O) groups is 1. The Bertz CT molecular complexity index is 734.